The van der Waals surface area contributed by atoms with E-state index in [4.69, 9.17) is 5.73 Å². The average molecular weight is 239 g/mol. The van der Waals surface area contributed by atoms with Crippen molar-refractivity contribution in [1.29, 1.82) is 0 Å². The molecule has 0 bridgehead atoms. The normalized spacial score (nSPS) is 13.0. The van der Waals surface area contributed by atoms with E-state index in [1.54, 1.807) is 22.7 Å². The molecule has 2 aromatic rings. The van der Waals surface area contributed by atoms with Gasteiger partial charge in [-0.05, 0) is 13.8 Å². The van der Waals surface area contributed by atoms with Gasteiger partial charge in [-0.15, -0.1) is 22.7 Å². The monoisotopic (exact) mass is 239 g/mol. The van der Waals surface area contributed by atoms with E-state index in [2.05, 4.69) is 9.97 Å². The van der Waals surface area contributed by atoms with Crippen molar-refractivity contribution in [2.24, 2.45) is 5.73 Å². The fourth-order valence-electron chi connectivity index (χ4n) is 1.53. The Kier molecular flexibility index (Phi) is 3.14. The molecule has 0 radical (unpaired) electrons. The summed E-state index contributed by atoms with van der Waals surface area (Å²) in [5.41, 5.74) is 7.19. The maximum absolute atomic E-state index is 6.14. The highest BCUT2D eigenvalue weighted by atomic mass is 32.1. The van der Waals surface area contributed by atoms with Gasteiger partial charge in [0.2, 0.25) is 0 Å². The molecule has 1 unspecified atom stereocenters. The number of aromatic nitrogens is 2. The van der Waals surface area contributed by atoms with Gasteiger partial charge >= 0.3 is 0 Å². The molecule has 0 aliphatic carbocycles. The molecule has 0 aliphatic rings. The number of hydrogen-bond donors (Lipinski definition) is 1. The average Bonchev–Trinajstić information content (AvgIpc) is 2.75. The van der Waals surface area contributed by atoms with Crippen LogP contribution in [0.25, 0.3) is 0 Å². The van der Waals surface area contributed by atoms with Gasteiger partial charge in [-0.2, -0.15) is 0 Å². The second-order valence-corrected chi connectivity index (χ2v) is 5.63. The van der Waals surface area contributed by atoms with Crippen molar-refractivity contribution in [2.45, 2.75) is 26.3 Å². The number of rotatable bonds is 3. The van der Waals surface area contributed by atoms with Crippen LogP contribution in [0.15, 0.2) is 11.6 Å². The molecule has 3 nitrogen and oxygen atoms in total. The highest BCUT2D eigenvalue weighted by Crippen LogP contribution is 2.26. The van der Waals surface area contributed by atoms with Crippen LogP contribution in [0.5, 0.6) is 0 Å². The van der Waals surface area contributed by atoms with Crippen LogP contribution < -0.4 is 5.73 Å². The lowest BCUT2D eigenvalue weighted by Gasteiger charge is -2.07. The summed E-state index contributed by atoms with van der Waals surface area (Å²) in [5, 5.41) is 4.15. The highest BCUT2D eigenvalue weighted by molar-refractivity contribution is 7.11. The molecule has 2 heterocycles. The van der Waals surface area contributed by atoms with Crippen LogP contribution in [-0.2, 0) is 6.42 Å². The predicted octanol–water partition coefficient (Wildman–Crippen LogP) is 2.46. The molecular formula is C10H13N3S2. The van der Waals surface area contributed by atoms with E-state index in [9.17, 15) is 0 Å². The van der Waals surface area contributed by atoms with Crippen molar-refractivity contribution < 1.29 is 0 Å². The van der Waals surface area contributed by atoms with E-state index < -0.39 is 0 Å². The van der Waals surface area contributed by atoms with Crippen molar-refractivity contribution in [1.82, 2.24) is 9.97 Å². The Labute approximate surface area is 97.0 Å². The molecule has 0 saturated carbocycles. The van der Waals surface area contributed by atoms with Gasteiger partial charge in [-0.1, -0.05) is 0 Å². The molecule has 2 aromatic heterocycles. The Hall–Kier alpha value is -0.780. The van der Waals surface area contributed by atoms with Crippen LogP contribution in [0, 0.1) is 13.8 Å². The van der Waals surface area contributed by atoms with E-state index in [0.717, 1.165) is 22.1 Å². The van der Waals surface area contributed by atoms with Gasteiger partial charge in [0.25, 0.3) is 0 Å². The van der Waals surface area contributed by atoms with E-state index in [-0.39, 0.29) is 6.04 Å². The summed E-state index contributed by atoms with van der Waals surface area (Å²) in [6, 6.07) is 0.0300. The number of aryl methyl sites for hydroxylation is 2. The second kappa shape index (κ2) is 4.38. The summed E-state index contributed by atoms with van der Waals surface area (Å²) in [6.07, 6.45) is 2.62. The summed E-state index contributed by atoms with van der Waals surface area (Å²) in [5.74, 6) is 0. The first kappa shape index (κ1) is 10.7. The molecule has 5 heteroatoms. The first-order chi connectivity index (χ1) is 7.16. The van der Waals surface area contributed by atoms with Gasteiger partial charge in [0.1, 0.15) is 0 Å². The Balaban J connectivity index is 2.14. The first-order valence-corrected chi connectivity index (χ1v) is 6.44. The standard InChI is InChI=1S/C10H13N3S2/c1-6-10(15-7(2)13-6)8(11)5-9-12-3-4-14-9/h3-4,8H,5,11H2,1-2H3. The molecular weight excluding hydrogens is 226 g/mol. The van der Waals surface area contributed by atoms with Gasteiger partial charge in [-0.3, -0.25) is 0 Å². The summed E-state index contributed by atoms with van der Waals surface area (Å²) in [4.78, 5) is 9.81. The molecule has 2 N–H and O–H groups in total. The minimum Gasteiger partial charge on any atom is -0.323 e. The smallest absolute Gasteiger partial charge is 0.0944 e. The molecule has 0 amide bonds. The summed E-state index contributed by atoms with van der Waals surface area (Å²) < 4.78 is 0. The van der Waals surface area contributed by atoms with Crippen LogP contribution in [0.1, 0.15) is 26.6 Å². The van der Waals surface area contributed by atoms with Crippen molar-refractivity contribution in [3.8, 4) is 0 Å². The molecule has 2 rings (SSSR count). The topological polar surface area (TPSA) is 51.8 Å². The highest BCUT2D eigenvalue weighted by Gasteiger charge is 2.14. The van der Waals surface area contributed by atoms with Crippen molar-refractivity contribution >= 4 is 22.7 Å². The predicted molar refractivity (Wildman–Crippen MR) is 64.3 cm³/mol. The Morgan fingerprint density at radius 3 is 2.80 bits per heavy atom. The molecule has 0 spiro atoms. The SMILES string of the molecule is Cc1nc(C)c(C(N)Cc2nccs2)s1. The maximum atomic E-state index is 6.14. The largest absolute Gasteiger partial charge is 0.323 e. The molecule has 1 atom stereocenters. The van der Waals surface area contributed by atoms with Gasteiger partial charge in [0, 0.05) is 28.9 Å². The summed E-state index contributed by atoms with van der Waals surface area (Å²) in [7, 11) is 0. The van der Waals surface area contributed by atoms with Gasteiger partial charge in [0.05, 0.1) is 15.7 Å². The van der Waals surface area contributed by atoms with E-state index in [1.165, 1.54) is 4.88 Å². The van der Waals surface area contributed by atoms with E-state index in [1.807, 2.05) is 25.4 Å². The number of thiazole rings is 2. The fraction of sp³-hybridized carbons (Fsp3) is 0.400. The Bertz CT molecular complexity index is 433. The third-order valence-corrected chi connectivity index (χ3v) is 4.16. The van der Waals surface area contributed by atoms with Crippen LogP contribution in [0.2, 0.25) is 0 Å². The number of nitrogens with zero attached hydrogens (tertiary/aromatic N) is 2. The molecule has 0 aromatic carbocycles. The lowest BCUT2D eigenvalue weighted by Crippen LogP contribution is -2.12. The molecule has 15 heavy (non-hydrogen) atoms. The maximum Gasteiger partial charge on any atom is 0.0944 e. The third-order valence-electron chi connectivity index (χ3n) is 2.15. The fourth-order valence-corrected chi connectivity index (χ4v) is 3.13. The second-order valence-electron chi connectivity index (χ2n) is 3.42. The van der Waals surface area contributed by atoms with Crippen LogP contribution in [0.3, 0.4) is 0 Å². The van der Waals surface area contributed by atoms with Gasteiger partial charge < -0.3 is 5.73 Å². The van der Waals surface area contributed by atoms with Gasteiger partial charge in [0.15, 0.2) is 0 Å². The minimum atomic E-state index is 0.0300. The summed E-state index contributed by atoms with van der Waals surface area (Å²) in [6.45, 7) is 4.03. The van der Waals surface area contributed by atoms with Crippen LogP contribution in [0.4, 0.5) is 0 Å². The number of nitrogens with two attached hydrogens (primary N) is 1. The van der Waals surface area contributed by atoms with E-state index in [0.29, 0.717) is 0 Å². The van der Waals surface area contributed by atoms with Crippen LogP contribution in [-0.4, -0.2) is 9.97 Å². The first-order valence-electron chi connectivity index (χ1n) is 4.74. The van der Waals surface area contributed by atoms with Crippen LogP contribution >= 0.6 is 22.7 Å². The van der Waals surface area contributed by atoms with Gasteiger partial charge in [-0.25, -0.2) is 9.97 Å². The zero-order valence-electron chi connectivity index (χ0n) is 8.73. The molecule has 0 fully saturated rings. The van der Waals surface area contributed by atoms with Crippen molar-refractivity contribution in [3.63, 3.8) is 0 Å². The third kappa shape index (κ3) is 2.42. The quantitative estimate of drug-likeness (QED) is 0.895. The zero-order valence-corrected chi connectivity index (χ0v) is 10.4. The minimum absolute atomic E-state index is 0.0300. The zero-order chi connectivity index (χ0) is 10.8. The lowest BCUT2D eigenvalue weighted by atomic mass is 10.2. The lowest BCUT2D eigenvalue weighted by molar-refractivity contribution is 0.724. The number of hydrogen-bond acceptors (Lipinski definition) is 5. The Morgan fingerprint density at radius 1 is 1.47 bits per heavy atom. The molecule has 0 aliphatic heterocycles. The van der Waals surface area contributed by atoms with E-state index >= 15 is 0 Å². The van der Waals surface area contributed by atoms with Crippen molar-refractivity contribution in [3.05, 3.63) is 32.2 Å². The Morgan fingerprint density at radius 2 is 2.27 bits per heavy atom. The van der Waals surface area contributed by atoms with Crippen molar-refractivity contribution in [2.75, 3.05) is 0 Å². The molecule has 80 valence electrons. The molecule has 0 saturated heterocycles. The summed E-state index contributed by atoms with van der Waals surface area (Å²) >= 11 is 3.34.